The van der Waals surface area contributed by atoms with E-state index in [1.54, 1.807) is 29.8 Å². The van der Waals surface area contributed by atoms with Gasteiger partial charge in [0.25, 0.3) is 0 Å². The summed E-state index contributed by atoms with van der Waals surface area (Å²) in [6, 6.07) is 11.4. The number of rotatable bonds is 7. The van der Waals surface area contributed by atoms with E-state index in [1.165, 1.54) is 6.08 Å². The van der Waals surface area contributed by atoms with Gasteiger partial charge in [0.15, 0.2) is 0 Å². The van der Waals surface area contributed by atoms with Gasteiger partial charge in [0.2, 0.25) is 5.91 Å². The molecule has 0 fully saturated rings. The molecule has 2 heterocycles. The summed E-state index contributed by atoms with van der Waals surface area (Å²) in [5.74, 6) is 0.667. The molecule has 0 aliphatic heterocycles. The van der Waals surface area contributed by atoms with Crippen molar-refractivity contribution in [3.63, 3.8) is 0 Å². The average molecular weight is 365 g/mol. The molecule has 1 N–H and O–H groups in total. The summed E-state index contributed by atoms with van der Waals surface area (Å²) in [6.45, 7) is 2.98. The highest BCUT2D eigenvalue weighted by molar-refractivity contribution is 7.13. The van der Waals surface area contributed by atoms with E-state index in [0.29, 0.717) is 13.2 Å². The lowest BCUT2D eigenvalue weighted by Crippen LogP contribution is -2.20. The second-order valence-corrected chi connectivity index (χ2v) is 6.29. The van der Waals surface area contributed by atoms with E-state index >= 15 is 0 Å². The van der Waals surface area contributed by atoms with Crippen LogP contribution in [0.4, 0.5) is 0 Å². The first-order valence-electron chi connectivity index (χ1n) is 8.28. The molecule has 3 rings (SSSR count). The fourth-order valence-corrected chi connectivity index (χ4v) is 3.09. The van der Waals surface area contributed by atoms with Gasteiger partial charge in [0.1, 0.15) is 10.8 Å². The number of amides is 1. The summed E-state index contributed by atoms with van der Waals surface area (Å²) < 4.78 is 5.40. The third-order valence-electron chi connectivity index (χ3n) is 3.54. The van der Waals surface area contributed by atoms with Crippen molar-refractivity contribution < 1.29 is 9.53 Å². The fraction of sp³-hybridized carbons (Fsp3) is 0.150. The van der Waals surface area contributed by atoms with Gasteiger partial charge in [-0.1, -0.05) is 12.1 Å². The number of carbonyl (C=O) groups excluding carboxylic acids is 1. The summed E-state index contributed by atoms with van der Waals surface area (Å²) in [5.41, 5.74) is 2.81. The van der Waals surface area contributed by atoms with Crippen LogP contribution < -0.4 is 10.1 Å². The summed E-state index contributed by atoms with van der Waals surface area (Å²) in [7, 11) is 0. The third kappa shape index (κ3) is 5.00. The Labute approximate surface area is 156 Å². The SMILES string of the molecule is CCOc1ccc(/C=C/C(=O)NCc2csc(-c3ccncc3)n2)cc1. The summed E-state index contributed by atoms with van der Waals surface area (Å²) >= 11 is 1.55. The van der Waals surface area contributed by atoms with E-state index in [1.807, 2.05) is 48.7 Å². The number of aromatic nitrogens is 2. The Kier molecular flexibility index (Phi) is 6.11. The quantitative estimate of drug-likeness (QED) is 0.644. The van der Waals surface area contributed by atoms with Crippen molar-refractivity contribution in [1.82, 2.24) is 15.3 Å². The molecule has 132 valence electrons. The number of hydrogen-bond donors (Lipinski definition) is 1. The van der Waals surface area contributed by atoms with E-state index in [9.17, 15) is 4.79 Å². The maximum Gasteiger partial charge on any atom is 0.244 e. The van der Waals surface area contributed by atoms with E-state index < -0.39 is 0 Å². The molecule has 1 amide bonds. The largest absolute Gasteiger partial charge is 0.494 e. The molecule has 3 aromatic rings. The molecule has 26 heavy (non-hydrogen) atoms. The molecule has 1 aromatic carbocycles. The van der Waals surface area contributed by atoms with Gasteiger partial charge in [0, 0.05) is 29.4 Å². The zero-order valence-electron chi connectivity index (χ0n) is 14.4. The average Bonchev–Trinajstić information content (AvgIpc) is 3.16. The number of nitrogens with one attached hydrogen (secondary N) is 1. The van der Waals surface area contributed by atoms with Crippen LogP contribution in [0.3, 0.4) is 0 Å². The highest BCUT2D eigenvalue weighted by Crippen LogP contribution is 2.22. The zero-order chi connectivity index (χ0) is 18.2. The first kappa shape index (κ1) is 17.8. The van der Waals surface area contributed by atoms with Gasteiger partial charge in [-0.05, 0) is 42.8 Å². The normalized spacial score (nSPS) is 10.8. The Balaban J connectivity index is 1.52. The predicted molar refractivity (Wildman–Crippen MR) is 104 cm³/mol. The lowest BCUT2D eigenvalue weighted by Gasteiger charge is -2.02. The van der Waals surface area contributed by atoms with Crippen LogP contribution >= 0.6 is 11.3 Å². The molecule has 2 aromatic heterocycles. The molecule has 0 saturated heterocycles. The number of carbonyl (C=O) groups is 1. The van der Waals surface area contributed by atoms with Crippen molar-refractivity contribution in [2.45, 2.75) is 13.5 Å². The van der Waals surface area contributed by atoms with Crippen LogP contribution in [0.25, 0.3) is 16.6 Å². The molecule has 0 aliphatic carbocycles. The minimum atomic E-state index is -0.155. The summed E-state index contributed by atoms with van der Waals surface area (Å²) in [6.07, 6.45) is 6.77. The maximum absolute atomic E-state index is 12.0. The lowest BCUT2D eigenvalue weighted by molar-refractivity contribution is -0.116. The second kappa shape index (κ2) is 8.92. The molecular weight excluding hydrogens is 346 g/mol. The van der Waals surface area contributed by atoms with Crippen molar-refractivity contribution in [2.24, 2.45) is 0 Å². The predicted octanol–water partition coefficient (Wildman–Crippen LogP) is 3.93. The summed E-state index contributed by atoms with van der Waals surface area (Å²) in [5, 5.41) is 5.72. The number of ether oxygens (including phenoxy) is 1. The molecule has 6 heteroatoms. The minimum absolute atomic E-state index is 0.155. The van der Waals surface area contributed by atoms with Gasteiger partial charge < -0.3 is 10.1 Å². The van der Waals surface area contributed by atoms with E-state index in [0.717, 1.165) is 27.6 Å². The van der Waals surface area contributed by atoms with Crippen LogP contribution in [0.1, 0.15) is 18.2 Å². The van der Waals surface area contributed by atoms with Gasteiger partial charge in [-0.2, -0.15) is 0 Å². The Hall–Kier alpha value is -2.99. The van der Waals surface area contributed by atoms with Crippen LogP contribution in [0.15, 0.2) is 60.2 Å². The molecule has 0 atom stereocenters. The number of nitrogens with zero attached hydrogens (tertiary/aromatic N) is 2. The molecule has 0 aliphatic rings. The van der Waals surface area contributed by atoms with Gasteiger partial charge >= 0.3 is 0 Å². The highest BCUT2D eigenvalue weighted by atomic mass is 32.1. The fourth-order valence-electron chi connectivity index (χ4n) is 2.27. The Morgan fingerprint density at radius 2 is 1.96 bits per heavy atom. The molecular formula is C20H19N3O2S. The van der Waals surface area contributed by atoms with Crippen molar-refractivity contribution in [3.8, 4) is 16.3 Å². The Morgan fingerprint density at radius 3 is 2.69 bits per heavy atom. The maximum atomic E-state index is 12.0. The third-order valence-corrected chi connectivity index (χ3v) is 4.48. The Morgan fingerprint density at radius 1 is 1.19 bits per heavy atom. The first-order valence-corrected chi connectivity index (χ1v) is 9.16. The molecule has 0 saturated carbocycles. The van der Waals surface area contributed by atoms with E-state index in [-0.39, 0.29) is 5.91 Å². The molecule has 0 bridgehead atoms. The van der Waals surface area contributed by atoms with Crippen molar-refractivity contribution in [3.05, 3.63) is 71.5 Å². The van der Waals surface area contributed by atoms with E-state index in [4.69, 9.17) is 4.74 Å². The van der Waals surface area contributed by atoms with Gasteiger partial charge in [-0.25, -0.2) is 4.98 Å². The highest BCUT2D eigenvalue weighted by Gasteiger charge is 2.05. The standard InChI is InChI=1S/C20H19N3O2S/c1-2-25-18-6-3-15(4-7-18)5-8-19(24)22-13-17-14-26-20(23-17)16-9-11-21-12-10-16/h3-12,14H,2,13H2,1H3,(H,22,24)/b8-5+. The van der Waals surface area contributed by atoms with Crippen LogP contribution in [0.2, 0.25) is 0 Å². The summed E-state index contributed by atoms with van der Waals surface area (Å²) in [4.78, 5) is 20.5. The monoisotopic (exact) mass is 365 g/mol. The molecule has 5 nitrogen and oxygen atoms in total. The number of thiazole rings is 1. The van der Waals surface area contributed by atoms with Crippen LogP contribution in [-0.2, 0) is 11.3 Å². The number of benzene rings is 1. The van der Waals surface area contributed by atoms with Gasteiger partial charge in [-0.3, -0.25) is 9.78 Å². The van der Waals surface area contributed by atoms with Crippen molar-refractivity contribution in [2.75, 3.05) is 6.61 Å². The number of hydrogen-bond acceptors (Lipinski definition) is 5. The first-order chi connectivity index (χ1) is 12.7. The Bertz CT molecular complexity index is 874. The van der Waals surface area contributed by atoms with Crippen LogP contribution in [0, 0.1) is 0 Å². The molecule has 0 spiro atoms. The molecule has 0 radical (unpaired) electrons. The molecule has 0 unspecified atom stereocenters. The lowest BCUT2D eigenvalue weighted by atomic mass is 10.2. The second-order valence-electron chi connectivity index (χ2n) is 5.43. The topological polar surface area (TPSA) is 64.1 Å². The van der Waals surface area contributed by atoms with Gasteiger partial charge in [0.05, 0.1) is 18.8 Å². The van der Waals surface area contributed by atoms with Crippen molar-refractivity contribution in [1.29, 1.82) is 0 Å². The number of pyridine rings is 1. The minimum Gasteiger partial charge on any atom is -0.494 e. The van der Waals surface area contributed by atoms with Crippen LogP contribution in [0.5, 0.6) is 5.75 Å². The van der Waals surface area contributed by atoms with E-state index in [2.05, 4.69) is 15.3 Å². The smallest absolute Gasteiger partial charge is 0.244 e. The van der Waals surface area contributed by atoms with Gasteiger partial charge in [-0.15, -0.1) is 11.3 Å². The van der Waals surface area contributed by atoms with Crippen molar-refractivity contribution >= 4 is 23.3 Å². The van der Waals surface area contributed by atoms with Crippen LogP contribution in [-0.4, -0.2) is 22.5 Å². The zero-order valence-corrected chi connectivity index (χ0v) is 15.2.